The van der Waals surface area contributed by atoms with Crippen molar-refractivity contribution in [3.05, 3.63) is 230 Å². The molecule has 2 aliphatic carbocycles. The van der Waals surface area contributed by atoms with Gasteiger partial charge in [0.2, 0.25) is 65.1 Å². The Balaban J connectivity index is 0.000000121. The Kier molecular flexibility index (Phi) is 31.5. The van der Waals surface area contributed by atoms with Gasteiger partial charge >= 0.3 is 6.03 Å². The summed E-state index contributed by atoms with van der Waals surface area (Å²) in [6.07, 6.45) is 21.3. The van der Waals surface area contributed by atoms with Gasteiger partial charge in [-0.05, 0) is 155 Å². The number of fused-ring (bicyclic) bond motifs is 1. The zero-order valence-corrected chi connectivity index (χ0v) is 77.7. The lowest BCUT2D eigenvalue weighted by Crippen LogP contribution is -2.37. The molecule has 10 N–H and O–H groups in total. The number of aryl methyl sites for hydroxylation is 1. The number of H-pyrrole nitrogens is 5. The number of thioether (sulfide) groups is 1. The van der Waals surface area contributed by atoms with E-state index >= 15 is 0 Å². The molecule has 46 heteroatoms. The fourth-order valence-corrected chi connectivity index (χ4v) is 18.7. The quantitative estimate of drug-likeness (QED) is 0.0284. The number of carbonyl (C=O) groups is 9. The minimum atomic E-state index is -3.09. The van der Waals surface area contributed by atoms with Gasteiger partial charge in [0.15, 0.2) is 39.0 Å². The molecular formula is C94H97N33O11S2. The fourth-order valence-electron chi connectivity index (χ4n) is 16.0. The zero-order chi connectivity index (χ0) is 97.4. The zero-order valence-electron chi connectivity index (χ0n) is 76.1. The first-order valence-electron chi connectivity index (χ1n) is 45.2. The van der Waals surface area contributed by atoms with E-state index in [1.165, 1.54) is 23.1 Å². The lowest BCUT2D eigenvalue weighted by molar-refractivity contribution is -0.130. The van der Waals surface area contributed by atoms with Crippen LogP contribution in [0.25, 0.3) is 57.6 Å². The lowest BCUT2D eigenvalue weighted by Gasteiger charge is -2.34. The molecule has 3 saturated heterocycles. The van der Waals surface area contributed by atoms with E-state index in [0.717, 1.165) is 58.9 Å². The van der Waals surface area contributed by atoms with Gasteiger partial charge in [-0.1, -0.05) is 91.7 Å². The van der Waals surface area contributed by atoms with Gasteiger partial charge in [-0.15, -0.1) is 37.3 Å². The second kappa shape index (κ2) is 45.8. The summed E-state index contributed by atoms with van der Waals surface area (Å²) in [6.45, 7) is 7.05. The van der Waals surface area contributed by atoms with Crippen LogP contribution in [0.5, 0.6) is 0 Å². The highest BCUT2D eigenvalue weighted by molar-refractivity contribution is 8.00. The van der Waals surface area contributed by atoms with Gasteiger partial charge in [0.25, 0.3) is 5.95 Å². The van der Waals surface area contributed by atoms with Crippen LogP contribution in [0.1, 0.15) is 114 Å². The van der Waals surface area contributed by atoms with Crippen molar-refractivity contribution in [3.63, 3.8) is 0 Å². The van der Waals surface area contributed by atoms with Crippen LogP contribution in [0.2, 0.25) is 0 Å². The number of hydrogen-bond acceptors (Lipinski definition) is 31. The summed E-state index contributed by atoms with van der Waals surface area (Å²) in [4.78, 5) is 162. The van der Waals surface area contributed by atoms with Crippen molar-refractivity contribution < 1.29 is 51.6 Å². The molecule has 44 nitrogen and oxygen atoms in total. The molecule has 3 unspecified atom stereocenters. The van der Waals surface area contributed by atoms with Crippen molar-refractivity contribution in [1.29, 1.82) is 0 Å². The number of rotatable bonds is 23. The number of carbonyl (C=O) groups excluding carboxylic acids is 9. The van der Waals surface area contributed by atoms with Crippen LogP contribution in [0.3, 0.4) is 0 Å². The Hall–Kier alpha value is -16.7. The SMILES string of the molecule is CC(C)N1CC(C(=O)Nc2n[nH]c(-c3ccccn3)n2)CC1=O.Cc1cnn(C(=O)Nc2n[nH]c(-c3ccccn3)n2)c1.O=C(CCN1C(=O)CSc2ccccc21)CC1=NN=C(c2ccccn2)C1.O=C(Nc1n[nH]c(-c2ccccn2)n1)C1CC(=O)N(C2CCCC2)C1.O=C(Nc1n[nH]c(-c2ccccn2)n1)C1CC(c2ccccc2)C1.O=C(Nc1n[nH]c(-c2ccccn2)n1)C1CCS(=O)(=O)C1. The van der Waals surface area contributed by atoms with Crippen molar-refractivity contribution in [1.82, 2.24) is 125 Å². The van der Waals surface area contributed by atoms with E-state index in [0.29, 0.717) is 120 Å². The first-order chi connectivity index (χ1) is 68.0. The van der Waals surface area contributed by atoms with Crippen LogP contribution in [0.15, 0.2) is 228 Å². The van der Waals surface area contributed by atoms with E-state index in [1.807, 2.05) is 141 Å². The van der Waals surface area contributed by atoms with Crippen LogP contribution < -0.4 is 31.5 Å². The average molecular weight is 1930 g/mol. The molecule has 21 rings (SSSR count). The Morgan fingerprint density at radius 3 is 1.36 bits per heavy atom. The summed E-state index contributed by atoms with van der Waals surface area (Å²) in [5.74, 6) is 2.35. The van der Waals surface area contributed by atoms with E-state index in [1.54, 1.807) is 108 Å². The molecule has 8 amide bonds. The number of amides is 8. The summed E-state index contributed by atoms with van der Waals surface area (Å²) < 4.78 is 23.9. The Labute approximate surface area is 804 Å². The maximum absolute atomic E-state index is 12.5. The van der Waals surface area contributed by atoms with Crippen LogP contribution in [0, 0.1) is 30.6 Å². The number of aromatic amines is 5. The Morgan fingerprint density at radius 1 is 0.479 bits per heavy atom. The monoisotopic (exact) mass is 1930 g/mol. The Bertz CT molecular complexity index is 6840. The number of benzene rings is 2. The highest BCUT2D eigenvalue weighted by Gasteiger charge is 2.41. The second-order valence-electron chi connectivity index (χ2n) is 33.6. The molecule has 0 spiro atoms. The van der Waals surface area contributed by atoms with Crippen molar-refractivity contribution in [3.8, 4) is 57.6 Å². The molecule has 3 atom stereocenters. The largest absolute Gasteiger partial charge is 0.348 e. The van der Waals surface area contributed by atoms with Gasteiger partial charge < -0.3 is 14.7 Å². The molecule has 716 valence electrons. The van der Waals surface area contributed by atoms with E-state index in [4.69, 9.17) is 0 Å². The molecule has 2 saturated carbocycles. The third kappa shape index (κ3) is 25.7. The third-order valence-electron chi connectivity index (χ3n) is 23.3. The highest BCUT2D eigenvalue weighted by Crippen LogP contribution is 2.42. The number of hydrogen-bond donors (Lipinski definition) is 10. The number of aromatic nitrogens is 23. The second-order valence-corrected chi connectivity index (χ2v) is 36.9. The fraction of sp³-hybridized carbons (Fsp3) is 0.298. The van der Waals surface area contributed by atoms with E-state index in [9.17, 15) is 51.6 Å². The molecule has 14 aromatic rings. The van der Waals surface area contributed by atoms with Crippen LogP contribution in [-0.2, 0) is 48.2 Å². The number of ketones is 1. The summed E-state index contributed by atoms with van der Waals surface area (Å²) in [6, 6.07) is 51.0. The molecular weight excluding hydrogens is 1830 g/mol. The summed E-state index contributed by atoms with van der Waals surface area (Å²) in [5.41, 5.74) is 8.66. The number of Topliss-reactive ketones (excluding diaryl/α,β-unsaturated/α-hetero) is 1. The number of pyridine rings is 6. The molecule has 0 bridgehead atoms. The maximum atomic E-state index is 12.5. The first-order valence-corrected chi connectivity index (χ1v) is 48.0. The van der Waals surface area contributed by atoms with Gasteiger partial charge in [0, 0.05) is 118 Å². The maximum Gasteiger partial charge on any atom is 0.348 e. The molecule has 140 heavy (non-hydrogen) atoms. The van der Waals surface area contributed by atoms with Crippen molar-refractivity contribution in [2.75, 3.05) is 68.4 Å². The van der Waals surface area contributed by atoms with Crippen molar-refractivity contribution in [2.45, 2.75) is 121 Å². The minimum absolute atomic E-state index is 0.00399. The smallest absolute Gasteiger partial charge is 0.339 e. The minimum Gasteiger partial charge on any atom is -0.339 e. The molecule has 7 aliphatic rings. The number of nitrogens with one attached hydrogen (secondary N) is 10. The van der Waals surface area contributed by atoms with Crippen molar-refractivity contribution in [2.24, 2.45) is 33.9 Å². The Morgan fingerprint density at radius 2 is 0.914 bits per heavy atom. The predicted octanol–water partition coefficient (Wildman–Crippen LogP) is 10.5. The molecule has 12 aromatic heterocycles. The normalized spacial score (nSPS) is 17.6. The number of para-hydroxylation sites is 1. The summed E-state index contributed by atoms with van der Waals surface area (Å²) in [7, 11) is -3.09. The summed E-state index contributed by atoms with van der Waals surface area (Å²) >= 11 is 1.54. The summed E-state index contributed by atoms with van der Waals surface area (Å²) in [5, 5.41) is 58.9. The van der Waals surface area contributed by atoms with Gasteiger partial charge in [-0.3, -0.25) is 120 Å². The number of nitrogens with zero attached hydrogens (tertiary/aromatic N) is 23. The van der Waals surface area contributed by atoms with Gasteiger partial charge in [0.1, 0.15) is 34.3 Å². The number of anilines is 6. The standard InChI is InChI=1S/C20H18N4O2S.C18H17N5O.C17H20N6O2.C15H18N6O2.C12H11N7O.C12H13N5O3S/c25-15(11-14-12-17(23-22-14)16-5-3-4-9-21-16)8-10-24-18-6-1-2-7-19(18)27-13-20(24)26;24-17(14-10-13(11-14)12-6-2-1-3-7-12)21-18-20-16(22-23-18)15-8-4-5-9-19-15;24-14-9-11(10-23(14)12-5-1-2-6-12)16(25)20-17-19-15(21-22-17)13-7-3-4-8-18-13;1-9(2)21-8-10(7-12(21)22)14(23)18-15-17-13(19-20-15)11-5-3-4-6-16-11;1-8-6-14-19(7-8)12(20)16-11-15-10(17-18-11)9-4-2-3-5-13-9;18-11(8-4-6-21(19,20)7-8)15-12-14-10(16-17-12)9-3-1-2-5-13-9/h1-7,9H,8,10-13H2;1-9,13-14H,10-11H2,(H2,20,21,22,23,24);3-4,7-8,11-12H,1-2,5-6,9-10H2,(H2,19,20,21,22,25);3-6,9-10H,7-8H2,1-2H3,(H2,17,18,19,20,23);2-7H,1H3,(H2,15,16,17,18,20);1-3,5,8H,4,6-7H2,(H2,14,15,16,17,18). The average Bonchev–Trinajstić information content (AvgIpc) is 1.22. The molecule has 2 aromatic carbocycles. The molecule has 5 aliphatic heterocycles. The van der Waals surface area contributed by atoms with Crippen LogP contribution >= 0.6 is 11.8 Å². The van der Waals surface area contributed by atoms with E-state index in [-0.39, 0.29) is 125 Å². The van der Waals surface area contributed by atoms with E-state index < -0.39 is 21.8 Å². The number of sulfone groups is 1. The highest BCUT2D eigenvalue weighted by atomic mass is 32.2. The molecule has 0 radical (unpaired) electrons. The van der Waals surface area contributed by atoms with Crippen LogP contribution in [-0.4, -0.2) is 247 Å². The van der Waals surface area contributed by atoms with Crippen molar-refractivity contribution >= 4 is 122 Å². The van der Waals surface area contributed by atoms with E-state index in [2.05, 4.69) is 160 Å². The molecule has 5 fully saturated rings. The predicted molar refractivity (Wildman–Crippen MR) is 516 cm³/mol. The van der Waals surface area contributed by atoms with Gasteiger partial charge in [-0.2, -0.15) is 44.9 Å². The molecule has 17 heterocycles. The van der Waals surface area contributed by atoms with Gasteiger partial charge in [-0.25, -0.2) is 13.2 Å². The topological polar surface area (TPSA) is 585 Å². The number of likely N-dealkylation sites (tertiary alicyclic amines) is 2. The third-order valence-corrected chi connectivity index (χ3v) is 26.2. The first kappa shape index (κ1) is 96.4. The lowest BCUT2D eigenvalue weighted by atomic mass is 9.71. The van der Waals surface area contributed by atoms with Crippen LogP contribution in [0.4, 0.5) is 40.2 Å². The van der Waals surface area contributed by atoms with Gasteiger partial charge in [0.05, 0.1) is 64.0 Å².